The van der Waals surface area contributed by atoms with Gasteiger partial charge in [0.05, 0.1) is 28.7 Å². The number of nitrogens with zero attached hydrogens (tertiary/aromatic N) is 3. The summed E-state index contributed by atoms with van der Waals surface area (Å²) in [7, 11) is -3.23. The minimum absolute atomic E-state index is 0.113. The van der Waals surface area contributed by atoms with Crippen molar-refractivity contribution < 1.29 is 13.2 Å². The number of rotatable bonds is 5. The predicted octanol–water partition coefficient (Wildman–Crippen LogP) is 1.97. The van der Waals surface area contributed by atoms with Gasteiger partial charge in [-0.3, -0.25) is 18.5 Å². The van der Waals surface area contributed by atoms with Crippen molar-refractivity contribution in [1.82, 2.24) is 9.55 Å². The molecule has 2 heterocycles. The van der Waals surface area contributed by atoms with Gasteiger partial charge in [0, 0.05) is 25.2 Å². The summed E-state index contributed by atoms with van der Waals surface area (Å²) in [4.78, 5) is 28.9. The Morgan fingerprint density at radius 3 is 2.59 bits per heavy atom. The number of hydrogen-bond donors (Lipinski definition) is 1. The molecular formula is C20H20N4O4S. The molecule has 1 aliphatic heterocycles. The number of benzene rings is 2. The summed E-state index contributed by atoms with van der Waals surface area (Å²) in [6.07, 6.45) is 2.18. The van der Waals surface area contributed by atoms with Gasteiger partial charge < -0.3 is 5.32 Å². The van der Waals surface area contributed by atoms with E-state index in [0.29, 0.717) is 35.2 Å². The first-order chi connectivity index (χ1) is 13.9. The minimum Gasteiger partial charge on any atom is -0.326 e. The number of amides is 1. The molecule has 0 spiro atoms. The Labute approximate surface area is 167 Å². The highest BCUT2D eigenvalue weighted by Gasteiger charge is 2.28. The van der Waals surface area contributed by atoms with E-state index >= 15 is 0 Å². The quantitative estimate of drug-likeness (QED) is 0.690. The monoisotopic (exact) mass is 412 g/mol. The maximum Gasteiger partial charge on any atom is 0.261 e. The van der Waals surface area contributed by atoms with Crippen molar-refractivity contribution in [1.29, 1.82) is 0 Å². The van der Waals surface area contributed by atoms with Gasteiger partial charge >= 0.3 is 0 Å². The van der Waals surface area contributed by atoms with Crippen molar-refractivity contribution in [2.24, 2.45) is 0 Å². The van der Waals surface area contributed by atoms with Gasteiger partial charge in [0.25, 0.3) is 5.56 Å². The summed E-state index contributed by atoms with van der Waals surface area (Å²) in [5, 5.41) is 3.28. The fraction of sp³-hybridized carbons (Fsp3) is 0.250. The zero-order chi connectivity index (χ0) is 20.4. The molecule has 0 radical (unpaired) electrons. The first-order valence-corrected chi connectivity index (χ1v) is 10.9. The molecule has 0 saturated carbocycles. The fourth-order valence-corrected chi connectivity index (χ4v) is 4.92. The Morgan fingerprint density at radius 1 is 1.10 bits per heavy atom. The van der Waals surface area contributed by atoms with E-state index in [2.05, 4.69) is 10.3 Å². The lowest BCUT2D eigenvalue weighted by Gasteiger charge is -2.17. The first-order valence-electron chi connectivity index (χ1n) is 9.28. The summed E-state index contributed by atoms with van der Waals surface area (Å²) in [5.41, 5.74) is 1.60. The van der Waals surface area contributed by atoms with Gasteiger partial charge in [-0.05, 0) is 42.8 Å². The summed E-state index contributed by atoms with van der Waals surface area (Å²) < 4.78 is 26.8. The zero-order valence-corrected chi connectivity index (χ0v) is 16.4. The highest BCUT2D eigenvalue weighted by molar-refractivity contribution is 7.93. The summed E-state index contributed by atoms with van der Waals surface area (Å²) >= 11 is 0. The molecule has 4 rings (SSSR count). The lowest BCUT2D eigenvalue weighted by molar-refractivity contribution is -0.116. The normalized spacial score (nSPS) is 15.5. The molecule has 0 atom stereocenters. The SMILES string of the molecule is O=C(CCn1cnc2ccccc2c1=O)Nc1ccc(N2CCCS2(=O)=O)cc1. The van der Waals surface area contributed by atoms with Gasteiger partial charge in [0.15, 0.2) is 0 Å². The standard InChI is InChI=1S/C20H20N4O4S/c25-19(10-12-23-14-21-18-5-2-1-4-17(18)20(23)26)22-15-6-8-16(9-7-15)24-11-3-13-29(24,27)28/h1-2,4-9,14H,3,10-13H2,(H,22,25). The Hall–Kier alpha value is -3.20. The van der Waals surface area contributed by atoms with Crippen LogP contribution in [0.2, 0.25) is 0 Å². The van der Waals surface area contributed by atoms with Crippen LogP contribution < -0.4 is 15.2 Å². The molecule has 3 aromatic rings. The van der Waals surface area contributed by atoms with Crippen LogP contribution in [0.3, 0.4) is 0 Å². The van der Waals surface area contributed by atoms with E-state index in [0.717, 1.165) is 0 Å². The van der Waals surface area contributed by atoms with Crippen LogP contribution in [-0.2, 0) is 21.4 Å². The van der Waals surface area contributed by atoms with Gasteiger partial charge in [-0.25, -0.2) is 13.4 Å². The number of aryl methyl sites for hydroxylation is 1. The Kier molecular flexibility index (Phi) is 5.06. The van der Waals surface area contributed by atoms with E-state index in [-0.39, 0.29) is 30.2 Å². The molecule has 150 valence electrons. The molecule has 1 saturated heterocycles. The molecule has 1 N–H and O–H groups in total. The zero-order valence-electron chi connectivity index (χ0n) is 15.6. The van der Waals surface area contributed by atoms with Crippen LogP contribution >= 0.6 is 0 Å². The number of fused-ring (bicyclic) bond motifs is 1. The number of nitrogens with one attached hydrogen (secondary N) is 1. The van der Waals surface area contributed by atoms with Gasteiger partial charge in [0.1, 0.15) is 0 Å². The van der Waals surface area contributed by atoms with E-state index in [1.54, 1.807) is 42.5 Å². The van der Waals surface area contributed by atoms with Crippen LogP contribution in [0, 0.1) is 0 Å². The van der Waals surface area contributed by atoms with E-state index < -0.39 is 10.0 Å². The number of anilines is 2. The molecule has 0 unspecified atom stereocenters. The van der Waals surface area contributed by atoms with Gasteiger partial charge in [-0.1, -0.05) is 12.1 Å². The second kappa shape index (κ2) is 7.67. The Morgan fingerprint density at radius 2 is 1.86 bits per heavy atom. The maximum absolute atomic E-state index is 12.5. The van der Waals surface area contributed by atoms with E-state index in [1.165, 1.54) is 15.2 Å². The first kappa shape index (κ1) is 19.1. The van der Waals surface area contributed by atoms with E-state index in [1.807, 2.05) is 6.07 Å². The number of carbonyl (C=O) groups is 1. The third-order valence-corrected chi connectivity index (χ3v) is 6.72. The lowest BCUT2D eigenvalue weighted by atomic mass is 10.2. The molecule has 0 aliphatic carbocycles. The molecule has 1 aliphatic rings. The molecule has 0 bridgehead atoms. The summed E-state index contributed by atoms with van der Waals surface area (Å²) in [6.45, 7) is 0.690. The van der Waals surface area contributed by atoms with Crippen molar-refractivity contribution in [2.75, 3.05) is 21.9 Å². The minimum atomic E-state index is -3.23. The van der Waals surface area contributed by atoms with E-state index in [9.17, 15) is 18.0 Å². The molecule has 1 amide bonds. The molecule has 8 nitrogen and oxygen atoms in total. The largest absolute Gasteiger partial charge is 0.326 e. The number of hydrogen-bond acceptors (Lipinski definition) is 5. The number of para-hydroxylation sites is 1. The van der Waals surface area contributed by atoms with E-state index in [4.69, 9.17) is 0 Å². The maximum atomic E-state index is 12.5. The third-order valence-electron chi connectivity index (χ3n) is 4.85. The molecule has 1 aromatic heterocycles. The van der Waals surface area contributed by atoms with Crippen molar-refractivity contribution in [3.05, 3.63) is 65.2 Å². The highest BCUT2D eigenvalue weighted by Crippen LogP contribution is 2.25. The average molecular weight is 412 g/mol. The van der Waals surface area contributed by atoms with Gasteiger partial charge in [0.2, 0.25) is 15.9 Å². The van der Waals surface area contributed by atoms with Crippen LogP contribution in [0.25, 0.3) is 10.9 Å². The summed E-state index contributed by atoms with van der Waals surface area (Å²) in [6, 6.07) is 13.8. The number of sulfonamides is 1. The van der Waals surface area contributed by atoms with Gasteiger partial charge in [-0.15, -0.1) is 0 Å². The molecule has 2 aromatic carbocycles. The highest BCUT2D eigenvalue weighted by atomic mass is 32.2. The van der Waals surface area contributed by atoms with Crippen molar-refractivity contribution in [2.45, 2.75) is 19.4 Å². The Bertz CT molecular complexity index is 1220. The van der Waals surface area contributed by atoms with Crippen molar-refractivity contribution in [3.63, 3.8) is 0 Å². The van der Waals surface area contributed by atoms with Crippen LogP contribution in [0.15, 0.2) is 59.7 Å². The average Bonchev–Trinajstić information content (AvgIpc) is 3.07. The number of carbonyl (C=O) groups excluding carboxylic acids is 1. The summed E-state index contributed by atoms with van der Waals surface area (Å²) in [5.74, 6) is -0.0827. The molecular weight excluding hydrogens is 392 g/mol. The van der Waals surface area contributed by atoms with Crippen LogP contribution in [0.1, 0.15) is 12.8 Å². The predicted molar refractivity (Wildman–Crippen MR) is 111 cm³/mol. The number of aromatic nitrogens is 2. The van der Waals surface area contributed by atoms with Crippen LogP contribution in [0.5, 0.6) is 0 Å². The van der Waals surface area contributed by atoms with Crippen LogP contribution in [0.4, 0.5) is 11.4 Å². The lowest BCUT2D eigenvalue weighted by Crippen LogP contribution is -2.25. The van der Waals surface area contributed by atoms with Crippen molar-refractivity contribution >= 4 is 38.2 Å². The topological polar surface area (TPSA) is 101 Å². The molecule has 9 heteroatoms. The third kappa shape index (κ3) is 4.00. The fourth-order valence-electron chi connectivity index (χ4n) is 3.35. The molecule has 1 fully saturated rings. The van der Waals surface area contributed by atoms with Crippen molar-refractivity contribution in [3.8, 4) is 0 Å². The smallest absolute Gasteiger partial charge is 0.261 e. The second-order valence-electron chi connectivity index (χ2n) is 6.85. The molecule has 29 heavy (non-hydrogen) atoms. The Balaban J connectivity index is 1.39. The second-order valence-corrected chi connectivity index (χ2v) is 8.86. The van der Waals surface area contributed by atoms with Crippen LogP contribution in [-0.4, -0.2) is 36.2 Å². The van der Waals surface area contributed by atoms with Gasteiger partial charge in [-0.2, -0.15) is 0 Å².